The van der Waals surface area contributed by atoms with E-state index in [1.807, 2.05) is 0 Å². The van der Waals surface area contributed by atoms with Crippen molar-refractivity contribution in [3.8, 4) is 0 Å². The summed E-state index contributed by atoms with van der Waals surface area (Å²) in [5.74, 6) is 1.13. The lowest BCUT2D eigenvalue weighted by Crippen LogP contribution is -2.48. The summed E-state index contributed by atoms with van der Waals surface area (Å²) in [5.41, 5.74) is 0. The Labute approximate surface area is 111 Å². The minimum atomic E-state index is 0.407. The highest BCUT2D eigenvalue weighted by molar-refractivity contribution is 5.76. The van der Waals surface area contributed by atoms with E-state index in [0.29, 0.717) is 11.9 Å². The van der Waals surface area contributed by atoms with E-state index in [1.54, 1.807) is 0 Å². The molecule has 2 aliphatic heterocycles. The number of unbranched alkanes of at least 4 members (excludes halogenated alkanes) is 4. The molecule has 0 spiro atoms. The van der Waals surface area contributed by atoms with E-state index in [1.165, 1.54) is 38.5 Å². The van der Waals surface area contributed by atoms with Gasteiger partial charge in [-0.05, 0) is 25.2 Å². The second-order valence-electron chi connectivity index (χ2n) is 5.88. The smallest absolute Gasteiger partial charge is 0.222 e. The summed E-state index contributed by atoms with van der Waals surface area (Å²) in [5, 5.41) is 3.44. The van der Waals surface area contributed by atoms with Crippen LogP contribution >= 0.6 is 0 Å². The number of hydrogen-bond donors (Lipinski definition) is 1. The van der Waals surface area contributed by atoms with Crippen LogP contribution in [0.4, 0.5) is 0 Å². The van der Waals surface area contributed by atoms with Crippen molar-refractivity contribution in [1.82, 2.24) is 10.2 Å². The standard InChI is InChI=1S/C15H28N2O/c1-2-3-4-5-6-9-15(18)17-10-7-8-13-11-16-12-14(13)17/h13-14,16H,2-12H2,1H3. The summed E-state index contributed by atoms with van der Waals surface area (Å²) >= 11 is 0. The van der Waals surface area contributed by atoms with Crippen LogP contribution in [0.1, 0.15) is 58.3 Å². The molecule has 18 heavy (non-hydrogen) atoms. The van der Waals surface area contributed by atoms with E-state index in [9.17, 15) is 4.79 Å². The molecule has 3 nitrogen and oxygen atoms in total. The summed E-state index contributed by atoms with van der Waals surface area (Å²) in [6.45, 7) is 5.36. The summed E-state index contributed by atoms with van der Waals surface area (Å²) in [6, 6.07) is 0.502. The lowest BCUT2D eigenvalue weighted by molar-refractivity contribution is -0.135. The van der Waals surface area contributed by atoms with Crippen molar-refractivity contribution in [2.75, 3.05) is 19.6 Å². The Morgan fingerprint density at radius 1 is 1.22 bits per heavy atom. The predicted octanol–water partition coefficient (Wildman–Crippen LogP) is 2.56. The Kier molecular flexibility index (Phi) is 5.48. The average molecular weight is 252 g/mol. The molecule has 0 radical (unpaired) electrons. The van der Waals surface area contributed by atoms with Crippen molar-refractivity contribution in [3.05, 3.63) is 0 Å². The molecule has 2 atom stereocenters. The SMILES string of the molecule is CCCCCCCC(=O)N1CCCC2CNCC21. The van der Waals surface area contributed by atoms with Crippen LogP contribution in [0.2, 0.25) is 0 Å². The normalized spacial score (nSPS) is 27.3. The van der Waals surface area contributed by atoms with Gasteiger partial charge >= 0.3 is 0 Å². The quantitative estimate of drug-likeness (QED) is 0.737. The highest BCUT2D eigenvalue weighted by Crippen LogP contribution is 2.27. The fourth-order valence-electron chi connectivity index (χ4n) is 3.40. The van der Waals surface area contributed by atoms with Gasteiger partial charge in [0.05, 0.1) is 0 Å². The van der Waals surface area contributed by atoms with Gasteiger partial charge in [0.1, 0.15) is 0 Å². The zero-order valence-corrected chi connectivity index (χ0v) is 11.8. The number of amides is 1. The van der Waals surface area contributed by atoms with Crippen LogP contribution in [-0.2, 0) is 4.79 Å². The highest BCUT2D eigenvalue weighted by atomic mass is 16.2. The maximum absolute atomic E-state index is 12.3. The molecular weight excluding hydrogens is 224 g/mol. The van der Waals surface area contributed by atoms with Crippen molar-refractivity contribution in [1.29, 1.82) is 0 Å². The third-order valence-electron chi connectivity index (χ3n) is 4.49. The van der Waals surface area contributed by atoms with Crippen molar-refractivity contribution in [3.63, 3.8) is 0 Å². The van der Waals surface area contributed by atoms with Crippen LogP contribution in [0.15, 0.2) is 0 Å². The highest BCUT2D eigenvalue weighted by Gasteiger charge is 2.36. The molecule has 0 bridgehead atoms. The molecule has 1 amide bonds. The maximum atomic E-state index is 12.3. The Morgan fingerprint density at radius 3 is 2.89 bits per heavy atom. The first-order valence-electron chi connectivity index (χ1n) is 7.83. The molecule has 104 valence electrons. The number of piperidine rings is 1. The van der Waals surface area contributed by atoms with Gasteiger partial charge in [0.15, 0.2) is 0 Å². The molecule has 3 heteroatoms. The molecule has 2 fully saturated rings. The van der Waals surface area contributed by atoms with Crippen molar-refractivity contribution in [2.45, 2.75) is 64.3 Å². The Bertz CT molecular complexity index is 267. The number of likely N-dealkylation sites (tertiary alicyclic amines) is 1. The first-order chi connectivity index (χ1) is 8.83. The van der Waals surface area contributed by atoms with Crippen LogP contribution in [0.25, 0.3) is 0 Å². The largest absolute Gasteiger partial charge is 0.338 e. The predicted molar refractivity (Wildman–Crippen MR) is 74.5 cm³/mol. The number of rotatable bonds is 6. The molecule has 2 unspecified atom stereocenters. The summed E-state index contributed by atoms with van der Waals surface area (Å²) < 4.78 is 0. The lowest BCUT2D eigenvalue weighted by Gasteiger charge is -2.37. The molecule has 2 heterocycles. The fourth-order valence-corrected chi connectivity index (χ4v) is 3.40. The van der Waals surface area contributed by atoms with Crippen LogP contribution < -0.4 is 5.32 Å². The maximum Gasteiger partial charge on any atom is 0.222 e. The van der Waals surface area contributed by atoms with Gasteiger partial charge < -0.3 is 10.2 Å². The van der Waals surface area contributed by atoms with Gasteiger partial charge in [-0.25, -0.2) is 0 Å². The van der Waals surface area contributed by atoms with E-state index in [2.05, 4.69) is 17.1 Å². The molecule has 0 aliphatic carbocycles. The van der Waals surface area contributed by atoms with Gasteiger partial charge in [0.2, 0.25) is 5.91 Å². The average Bonchev–Trinajstić information content (AvgIpc) is 2.86. The third kappa shape index (κ3) is 3.47. The van der Waals surface area contributed by atoms with Gasteiger partial charge in [0.25, 0.3) is 0 Å². The number of nitrogens with one attached hydrogen (secondary N) is 1. The van der Waals surface area contributed by atoms with Gasteiger partial charge in [-0.2, -0.15) is 0 Å². The molecule has 0 aromatic heterocycles. The van der Waals surface area contributed by atoms with Gasteiger partial charge in [-0.1, -0.05) is 32.6 Å². The van der Waals surface area contributed by atoms with E-state index in [-0.39, 0.29) is 0 Å². The lowest BCUT2D eigenvalue weighted by atomic mass is 9.91. The molecule has 0 aromatic carbocycles. The number of hydrogen-bond acceptors (Lipinski definition) is 2. The number of carbonyl (C=O) groups is 1. The number of fused-ring (bicyclic) bond motifs is 1. The fraction of sp³-hybridized carbons (Fsp3) is 0.933. The Balaban J connectivity index is 1.71. The zero-order valence-electron chi connectivity index (χ0n) is 11.8. The first-order valence-corrected chi connectivity index (χ1v) is 7.83. The summed E-state index contributed by atoms with van der Waals surface area (Å²) in [4.78, 5) is 14.4. The Hall–Kier alpha value is -0.570. The van der Waals surface area contributed by atoms with E-state index >= 15 is 0 Å². The molecule has 2 saturated heterocycles. The molecular formula is C15H28N2O. The molecule has 1 N–H and O–H groups in total. The van der Waals surface area contributed by atoms with Crippen LogP contribution in [-0.4, -0.2) is 36.5 Å². The zero-order chi connectivity index (χ0) is 12.8. The summed E-state index contributed by atoms with van der Waals surface area (Å²) in [7, 11) is 0. The van der Waals surface area contributed by atoms with Crippen molar-refractivity contribution < 1.29 is 4.79 Å². The first kappa shape index (κ1) is 13.9. The molecule has 0 aromatic rings. The van der Waals surface area contributed by atoms with Gasteiger partial charge in [0, 0.05) is 32.1 Å². The Morgan fingerprint density at radius 2 is 2.06 bits per heavy atom. The van der Waals surface area contributed by atoms with E-state index in [4.69, 9.17) is 0 Å². The van der Waals surface area contributed by atoms with Crippen molar-refractivity contribution in [2.24, 2.45) is 5.92 Å². The van der Waals surface area contributed by atoms with E-state index < -0.39 is 0 Å². The van der Waals surface area contributed by atoms with Crippen LogP contribution in [0.3, 0.4) is 0 Å². The topological polar surface area (TPSA) is 32.3 Å². The van der Waals surface area contributed by atoms with Gasteiger partial charge in [-0.15, -0.1) is 0 Å². The van der Waals surface area contributed by atoms with Crippen molar-refractivity contribution >= 4 is 5.91 Å². The second-order valence-corrected chi connectivity index (χ2v) is 5.88. The molecule has 0 saturated carbocycles. The second kappa shape index (κ2) is 7.13. The minimum Gasteiger partial charge on any atom is -0.338 e. The third-order valence-corrected chi connectivity index (χ3v) is 4.49. The monoisotopic (exact) mass is 252 g/mol. The van der Waals surface area contributed by atoms with Gasteiger partial charge in [-0.3, -0.25) is 4.79 Å². The van der Waals surface area contributed by atoms with Crippen LogP contribution in [0.5, 0.6) is 0 Å². The minimum absolute atomic E-state index is 0.407. The van der Waals surface area contributed by atoms with Crippen LogP contribution in [0, 0.1) is 5.92 Å². The summed E-state index contributed by atoms with van der Waals surface area (Å²) in [6.07, 6.45) is 9.45. The molecule has 2 rings (SSSR count). The molecule has 2 aliphatic rings. The number of carbonyl (C=O) groups excluding carboxylic acids is 1. The number of nitrogens with zero attached hydrogens (tertiary/aromatic N) is 1. The van der Waals surface area contributed by atoms with E-state index in [0.717, 1.165) is 38.4 Å².